The molecular weight excluding hydrogens is 247 g/mol. The maximum atomic E-state index is 0. The Labute approximate surface area is 71.5 Å². The summed E-state index contributed by atoms with van der Waals surface area (Å²) in [6, 6.07) is 0. The molecule has 0 aliphatic carbocycles. The van der Waals surface area contributed by atoms with Crippen molar-refractivity contribution in [1.29, 1.82) is 0 Å². The molecule has 0 aliphatic rings. The molecule has 5 heavy (non-hydrogen) atoms. The van der Waals surface area contributed by atoms with Crippen LogP contribution in [-0.2, 0) is 11.0 Å². The second kappa shape index (κ2) is 39.5. The number of hydrogen-bond donors (Lipinski definition) is 0. The zero-order valence-corrected chi connectivity index (χ0v) is 4.17. The molecule has 0 rings (SSSR count). The van der Waals surface area contributed by atoms with E-state index in [0.717, 1.165) is 0 Å². The molecule has 0 bridgehead atoms. The van der Waals surface area contributed by atoms with Crippen LogP contribution in [0.2, 0.25) is 0 Å². The molecule has 0 heterocycles. The number of hydrogen-bond acceptors (Lipinski definition) is 0. The van der Waals surface area contributed by atoms with Crippen LogP contribution in [0.3, 0.4) is 0 Å². The van der Waals surface area contributed by atoms with E-state index >= 15 is 0 Å². The Hall–Kier alpha value is 1.89. The van der Waals surface area contributed by atoms with Crippen LogP contribution in [0.1, 0.15) is 0 Å². The van der Waals surface area contributed by atoms with Gasteiger partial charge in [-0.3, -0.25) is 0 Å². The monoisotopic (exact) mass is 254 g/mol. The van der Waals surface area contributed by atoms with E-state index in [4.69, 9.17) is 0 Å². The van der Waals surface area contributed by atoms with Crippen LogP contribution in [0.4, 0.5) is 0 Å². The van der Waals surface area contributed by atoms with Crippen LogP contribution in [0.25, 0.3) is 0 Å². The molecule has 0 aromatic rings. The van der Waals surface area contributed by atoms with Crippen molar-refractivity contribution in [2.45, 2.75) is 0 Å². The van der Waals surface area contributed by atoms with Gasteiger partial charge in [0.05, 0.1) is 0 Å². The molecule has 0 aromatic heterocycles. The van der Waals surface area contributed by atoms with Crippen molar-refractivity contribution in [3.05, 3.63) is 0 Å². The summed E-state index contributed by atoms with van der Waals surface area (Å²) in [7, 11) is 0. The molecule has 0 unspecified atom stereocenters. The summed E-state index contributed by atoms with van der Waals surface area (Å²) in [5.74, 6) is 0. The van der Waals surface area contributed by atoms with Gasteiger partial charge in [-0.2, -0.15) is 0 Å². The van der Waals surface area contributed by atoms with Gasteiger partial charge in [-0.25, -0.2) is 0 Å². The van der Waals surface area contributed by atoms with E-state index in [1.54, 1.807) is 0 Å². The Bertz CT molecular complexity index is 9.61. The van der Waals surface area contributed by atoms with Crippen LogP contribution in [0.15, 0.2) is 0 Å². The third kappa shape index (κ3) is 25.0. The van der Waals surface area contributed by atoms with E-state index in [9.17, 15) is 0 Å². The van der Waals surface area contributed by atoms with Gasteiger partial charge in [-0.05, 0) is 0 Å². The molecule has 0 atom stereocenters. The van der Waals surface area contributed by atoms with Gasteiger partial charge in [0.2, 0.25) is 0 Å². The van der Waals surface area contributed by atoms with Gasteiger partial charge in [-0.15, -0.1) is 0 Å². The molecule has 0 aromatic carbocycles. The molecule has 0 saturated heterocycles. The molecule has 5 heteroatoms. The molecule has 0 radical (unpaired) electrons. The fourth-order valence-electron chi connectivity index (χ4n) is 0. The van der Waals surface area contributed by atoms with Gasteiger partial charge in [-0.1, -0.05) is 0 Å². The Morgan fingerprint density at radius 2 is 0.800 bits per heavy atom. The predicted octanol–water partition coefficient (Wildman–Crippen LogP) is -2.99. The Kier molecular flexibility index (Phi) is 529. The first-order valence-electron chi connectivity index (χ1n) is 0. The van der Waals surface area contributed by atoms with Crippen molar-refractivity contribution in [2.24, 2.45) is 0 Å². The average molecular weight is 253 g/mol. The average Bonchev–Trinajstić information content (AvgIpc) is 0. The summed E-state index contributed by atoms with van der Waals surface area (Å²) in [6.07, 6.45) is 0. The van der Waals surface area contributed by atoms with Crippen molar-refractivity contribution in [1.82, 2.24) is 0 Å². The van der Waals surface area contributed by atoms with Gasteiger partial charge in [0.15, 0.2) is 17.4 Å². The van der Waals surface area contributed by atoms with Gasteiger partial charge in [0, 0.05) is 0 Å². The second-order valence-corrected chi connectivity index (χ2v) is 0. The molecule has 28 valence electrons. The molecular formula is H6AlGaO2Sn. The van der Waals surface area contributed by atoms with E-state index < -0.39 is 0 Å². The zero-order valence-electron chi connectivity index (χ0n) is 1.32. The topological polar surface area (TPSA) is 57.0 Å². The Balaban J connectivity index is 0. The summed E-state index contributed by atoms with van der Waals surface area (Å²) in [6.45, 7) is 0. The van der Waals surface area contributed by atoms with Crippen LogP contribution in [0, 0.1) is 0 Å². The van der Waals surface area contributed by atoms with Crippen molar-refractivity contribution in [2.75, 3.05) is 0 Å². The fourth-order valence-corrected chi connectivity index (χ4v) is 0. The zero-order chi connectivity index (χ0) is 0. The van der Waals surface area contributed by atoms with Crippen LogP contribution in [-0.4, -0.2) is 61.1 Å². The molecule has 0 aliphatic heterocycles. The van der Waals surface area contributed by atoms with E-state index in [0.29, 0.717) is 0 Å². The molecule has 0 N–H and O–H groups in total. The van der Waals surface area contributed by atoms with Gasteiger partial charge >= 0.3 is 43.7 Å². The molecule has 0 saturated carbocycles. The van der Waals surface area contributed by atoms with Gasteiger partial charge in [0.25, 0.3) is 0 Å². The van der Waals surface area contributed by atoms with E-state index in [2.05, 4.69) is 0 Å². The second-order valence-electron chi connectivity index (χ2n) is 0. The predicted molar refractivity (Wildman–Crippen MR) is 27.0 cm³/mol. The van der Waals surface area contributed by atoms with Crippen LogP contribution in [0.5, 0.6) is 0 Å². The molecule has 0 spiro atoms. The summed E-state index contributed by atoms with van der Waals surface area (Å²) >= 11 is 0. The molecule has 2 nitrogen and oxygen atoms in total. The van der Waals surface area contributed by atoms with Gasteiger partial charge in [0.1, 0.15) is 0 Å². The summed E-state index contributed by atoms with van der Waals surface area (Å²) in [5, 5.41) is 0. The third-order valence-corrected chi connectivity index (χ3v) is 0. The normalized spacial score (nSPS) is 0. The van der Waals surface area contributed by atoms with Gasteiger partial charge < -0.3 is 11.0 Å². The van der Waals surface area contributed by atoms with E-state index in [-0.39, 0.29) is 72.0 Å². The quantitative estimate of drug-likeness (QED) is 0.414. The maximum absolute atomic E-state index is 0. The fraction of sp³-hybridized carbons (Fsp3) is 0. The summed E-state index contributed by atoms with van der Waals surface area (Å²) in [5.41, 5.74) is 0. The Morgan fingerprint density at radius 1 is 0.800 bits per heavy atom. The maximum Gasteiger partial charge on any atom is 4.00 e. The first-order chi connectivity index (χ1) is 0. The van der Waals surface area contributed by atoms with Crippen molar-refractivity contribution in [3.8, 4) is 0 Å². The SMILES string of the molecule is [AlH3].[GaH3].[O-2].[O-2].[Sn+4]. The van der Waals surface area contributed by atoms with Crippen LogP contribution < -0.4 is 0 Å². The number of rotatable bonds is 0. The Morgan fingerprint density at radius 3 is 0.800 bits per heavy atom. The standard InChI is InChI=1S/Al.Ga.2O.Sn.6H/q;;2*-2;+4;;;;;;. The summed E-state index contributed by atoms with van der Waals surface area (Å²) in [4.78, 5) is 0. The minimum absolute atomic E-state index is 0. The largest absolute Gasteiger partial charge is 4.00 e. The minimum Gasteiger partial charge on any atom is -2.00 e. The van der Waals surface area contributed by atoms with Crippen molar-refractivity contribution in [3.63, 3.8) is 0 Å². The molecule has 0 fully saturated rings. The smallest absolute Gasteiger partial charge is 2.00 e. The minimum atomic E-state index is 0. The molecule has 0 amide bonds. The van der Waals surface area contributed by atoms with Crippen molar-refractivity contribution < 1.29 is 11.0 Å². The van der Waals surface area contributed by atoms with Crippen LogP contribution >= 0.6 is 0 Å². The van der Waals surface area contributed by atoms with Crippen molar-refractivity contribution >= 4 is 61.1 Å². The van der Waals surface area contributed by atoms with E-state index in [1.807, 2.05) is 0 Å². The first kappa shape index (κ1) is 67.0. The third-order valence-electron chi connectivity index (χ3n) is 0. The first-order valence-corrected chi connectivity index (χ1v) is 0. The summed E-state index contributed by atoms with van der Waals surface area (Å²) < 4.78 is 0. The van der Waals surface area contributed by atoms with E-state index in [1.165, 1.54) is 0 Å².